The molecule has 0 fully saturated rings. The standard InChI is InChI=1S/C18H19FN4/c1-4-13-5-6-17(23-22-13)15-9-18-12(8-16(15)19)7-14(21-18)10-20-11(2)3/h5-9,20-21H,2,4,10H2,1,3H3. The van der Waals surface area contributed by atoms with E-state index in [0.29, 0.717) is 17.8 Å². The van der Waals surface area contributed by atoms with Gasteiger partial charge < -0.3 is 10.3 Å². The number of halogens is 1. The molecule has 2 N–H and O–H groups in total. The van der Waals surface area contributed by atoms with Crippen LogP contribution < -0.4 is 5.32 Å². The van der Waals surface area contributed by atoms with Crippen molar-refractivity contribution in [2.75, 3.05) is 0 Å². The first-order chi connectivity index (χ1) is 11.1. The molecular formula is C18H19FN4. The molecule has 0 atom stereocenters. The highest BCUT2D eigenvalue weighted by atomic mass is 19.1. The summed E-state index contributed by atoms with van der Waals surface area (Å²) < 4.78 is 14.4. The fourth-order valence-electron chi connectivity index (χ4n) is 2.44. The average molecular weight is 310 g/mol. The summed E-state index contributed by atoms with van der Waals surface area (Å²) in [5, 5.41) is 12.2. The molecule has 0 unspecified atom stereocenters. The average Bonchev–Trinajstić information content (AvgIpc) is 2.94. The first-order valence-corrected chi connectivity index (χ1v) is 7.60. The molecule has 0 saturated carbocycles. The summed E-state index contributed by atoms with van der Waals surface area (Å²) >= 11 is 0. The molecule has 0 saturated heterocycles. The molecule has 23 heavy (non-hydrogen) atoms. The molecule has 0 aliphatic rings. The molecule has 0 spiro atoms. The summed E-state index contributed by atoms with van der Waals surface area (Å²) in [6.07, 6.45) is 0.810. The number of aromatic amines is 1. The molecule has 0 aliphatic heterocycles. The minimum Gasteiger partial charge on any atom is -0.383 e. The van der Waals surface area contributed by atoms with E-state index in [2.05, 4.69) is 27.1 Å². The molecule has 2 aromatic heterocycles. The van der Waals surface area contributed by atoms with E-state index in [-0.39, 0.29) is 5.82 Å². The van der Waals surface area contributed by atoms with Gasteiger partial charge in [-0.2, -0.15) is 10.2 Å². The topological polar surface area (TPSA) is 53.6 Å². The molecule has 3 aromatic rings. The Labute approximate surface area is 134 Å². The number of aromatic nitrogens is 3. The van der Waals surface area contributed by atoms with E-state index in [1.807, 2.05) is 32.0 Å². The van der Waals surface area contributed by atoms with Crippen LogP contribution in [0, 0.1) is 5.82 Å². The number of H-pyrrole nitrogens is 1. The second-order valence-electron chi connectivity index (χ2n) is 5.61. The van der Waals surface area contributed by atoms with Crippen molar-refractivity contribution in [1.29, 1.82) is 0 Å². The monoisotopic (exact) mass is 310 g/mol. The number of benzene rings is 1. The van der Waals surface area contributed by atoms with Crippen LogP contribution in [0.5, 0.6) is 0 Å². The fraction of sp³-hybridized carbons (Fsp3) is 0.222. The lowest BCUT2D eigenvalue weighted by atomic mass is 10.1. The highest BCUT2D eigenvalue weighted by Gasteiger charge is 2.11. The molecule has 118 valence electrons. The minimum absolute atomic E-state index is 0.297. The van der Waals surface area contributed by atoms with Crippen molar-refractivity contribution in [2.45, 2.75) is 26.8 Å². The first kappa shape index (κ1) is 15.2. The number of nitrogens with zero attached hydrogens (tertiary/aromatic N) is 2. The van der Waals surface area contributed by atoms with Crippen molar-refractivity contribution in [2.24, 2.45) is 0 Å². The fourth-order valence-corrected chi connectivity index (χ4v) is 2.44. The van der Waals surface area contributed by atoms with Crippen LogP contribution >= 0.6 is 0 Å². The largest absolute Gasteiger partial charge is 0.383 e. The van der Waals surface area contributed by atoms with Crippen molar-refractivity contribution < 1.29 is 4.39 Å². The van der Waals surface area contributed by atoms with Crippen molar-refractivity contribution in [1.82, 2.24) is 20.5 Å². The summed E-state index contributed by atoms with van der Waals surface area (Å²) in [4.78, 5) is 3.29. The second-order valence-corrected chi connectivity index (χ2v) is 5.61. The van der Waals surface area contributed by atoms with Gasteiger partial charge in [0.2, 0.25) is 0 Å². The van der Waals surface area contributed by atoms with E-state index in [1.54, 1.807) is 6.07 Å². The lowest BCUT2D eigenvalue weighted by Crippen LogP contribution is -2.09. The van der Waals surface area contributed by atoms with Crippen LogP contribution in [0.1, 0.15) is 25.2 Å². The zero-order valence-corrected chi connectivity index (χ0v) is 13.3. The van der Waals surface area contributed by atoms with Crippen molar-refractivity contribution in [3.8, 4) is 11.3 Å². The summed E-state index contributed by atoms with van der Waals surface area (Å²) in [7, 11) is 0. The van der Waals surface area contributed by atoms with E-state index >= 15 is 0 Å². The van der Waals surface area contributed by atoms with Gasteiger partial charge in [0, 0.05) is 27.9 Å². The van der Waals surface area contributed by atoms with Crippen LogP contribution in [-0.4, -0.2) is 15.2 Å². The second kappa shape index (κ2) is 6.20. The molecule has 5 heteroatoms. The Hall–Kier alpha value is -2.69. The van der Waals surface area contributed by atoms with Crippen LogP contribution in [-0.2, 0) is 13.0 Å². The normalized spacial score (nSPS) is 10.9. The Morgan fingerprint density at radius 2 is 2.09 bits per heavy atom. The zero-order chi connectivity index (χ0) is 16.4. The van der Waals surface area contributed by atoms with Crippen LogP contribution in [0.4, 0.5) is 4.39 Å². The van der Waals surface area contributed by atoms with Gasteiger partial charge in [0.25, 0.3) is 0 Å². The number of nitrogens with one attached hydrogen (secondary N) is 2. The maximum absolute atomic E-state index is 14.4. The lowest BCUT2D eigenvalue weighted by Gasteiger charge is -2.03. The van der Waals surface area contributed by atoms with Crippen molar-refractivity contribution in [3.05, 3.63) is 59.8 Å². The Morgan fingerprint density at radius 1 is 1.26 bits per heavy atom. The zero-order valence-electron chi connectivity index (χ0n) is 13.3. The van der Waals surface area contributed by atoms with Crippen LogP contribution in [0.3, 0.4) is 0 Å². The predicted octanol–water partition coefficient (Wildman–Crippen LogP) is 3.95. The molecule has 0 bridgehead atoms. The Balaban J connectivity index is 1.97. The Morgan fingerprint density at radius 3 is 2.74 bits per heavy atom. The third kappa shape index (κ3) is 3.23. The molecule has 1 aromatic carbocycles. The number of allylic oxidation sites excluding steroid dienone is 1. The van der Waals surface area contributed by atoms with E-state index in [0.717, 1.165) is 34.4 Å². The quantitative estimate of drug-likeness (QED) is 0.750. The highest BCUT2D eigenvalue weighted by molar-refractivity contribution is 5.85. The number of hydrogen-bond donors (Lipinski definition) is 2. The molecular weight excluding hydrogens is 291 g/mol. The predicted molar refractivity (Wildman–Crippen MR) is 90.3 cm³/mol. The van der Waals surface area contributed by atoms with E-state index in [9.17, 15) is 4.39 Å². The number of rotatable bonds is 5. The van der Waals surface area contributed by atoms with Gasteiger partial charge in [-0.05, 0) is 43.7 Å². The van der Waals surface area contributed by atoms with Gasteiger partial charge >= 0.3 is 0 Å². The van der Waals surface area contributed by atoms with Gasteiger partial charge in [-0.1, -0.05) is 13.5 Å². The van der Waals surface area contributed by atoms with Gasteiger partial charge in [0.05, 0.1) is 17.9 Å². The maximum Gasteiger partial charge on any atom is 0.133 e. The Bertz CT molecular complexity index is 849. The van der Waals surface area contributed by atoms with Crippen LogP contribution in [0.2, 0.25) is 0 Å². The van der Waals surface area contributed by atoms with Crippen LogP contribution in [0.15, 0.2) is 42.6 Å². The third-order valence-electron chi connectivity index (χ3n) is 3.70. The Kier molecular flexibility index (Phi) is 4.10. The van der Waals surface area contributed by atoms with Gasteiger partial charge in [0.1, 0.15) is 5.82 Å². The highest BCUT2D eigenvalue weighted by Crippen LogP contribution is 2.26. The molecule has 0 aliphatic carbocycles. The first-order valence-electron chi connectivity index (χ1n) is 7.60. The molecule has 2 heterocycles. The SMILES string of the molecule is C=C(C)NCc1cc2cc(F)c(-c3ccc(CC)nn3)cc2[nH]1. The number of aryl methyl sites for hydroxylation is 1. The molecule has 3 rings (SSSR count). The van der Waals surface area contributed by atoms with Crippen molar-refractivity contribution >= 4 is 10.9 Å². The summed E-state index contributed by atoms with van der Waals surface area (Å²) in [6, 6.07) is 8.93. The van der Waals surface area contributed by atoms with Gasteiger partial charge in [-0.15, -0.1) is 0 Å². The van der Waals surface area contributed by atoms with Gasteiger partial charge in [-0.3, -0.25) is 0 Å². The van der Waals surface area contributed by atoms with E-state index in [1.165, 1.54) is 6.07 Å². The van der Waals surface area contributed by atoms with Gasteiger partial charge in [-0.25, -0.2) is 4.39 Å². The molecule has 0 amide bonds. The number of fused-ring (bicyclic) bond motifs is 1. The summed E-state index contributed by atoms with van der Waals surface area (Å²) in [5.74, 6) is -0.297. The van der Waals surface area contributed by atoms with Crippen molar-refractivity contribution in [3.63, 3.8) is 0 Å². The number of hydrogen-bond acceptors (Lipinski definition) is 3. The van der Waals surface area contributed by atoms with E-state index in [4.69, 9.17) is 0 Å². The summed E-state index contributed by atoms with van der Waals surface area (Å²) in [6.45, 7) is 8.35. The smallest absolute Gasteiger partial charge is 0.133 e. The van der Waals surface area contributed by atoms with Crippen LogP contribution in [0.25, 0.3) is 22.2 Å². The molecule has 4 nitrogen and oxygen atoms in total. The minimum atomic E-state index is -0.297. The van der Waals surface area contributed by atoms with E-state index < -0.39 is 0 Å². The molecule has 0 radical (unpaired) electrons. The van der Waals surface area contributed by atoms with Gasteiger partial charge in [0.15, 0.2) is 0 Å². The third-order valence-corrected chi connectivity index (χ3v) is 3.70. The summed E-state index contributed by atoms with van der Waals surface area (Å²) in [5.41, 5.74) is 4.63. The maximum atomic E-state index is 14.4. The lowest BCUT2D eigenvalue weighted by molar-refractivity contribution is 0.632.